The molecule has 0 fully saturated rings. The maximum Gasteiger partial charge on any atom is 0.269 e. The van der Waals surface area contributed by atoms with Crippen LogP contribution in [-0.2, 0) is 4.79 Å². The minimum absolute atomic E-state index is 0.0222. The fourth-order valence-electron chi connectivity index (χ4n) is 2.07. The van der Waals surface area contributed by atoms with E-state index in [0.717, 1.165) is 0 Å². The van der Waals surface area contributed by atoms with E-state index in [1.807, 2.05) is 6.07 Å². The van der Waals surface area contributed by atoms with Crippen molar-refractivity contribution >= 4 is 34.1 Å². The molecule has 3 rings (SSSR count). The van der Waals surface area contributed by atoms with Crippen molar-refractivity contribution in [1.82, 2.24) is 4.98 Å². The molecule has 0 aliphatic rings. The average Bonchev–Trinajstić information content (AvgIpc) is 3.31. The molecule has 8 nitrogen and oxygen atoms in total. The van der Waals surface area contributed by atoms with E-state index in [1.165, 1.54) is 29.5 Å². The van der Waals surface area contributed by atoms with E-state index >= 15 is 0 Å². The molecule has 2 aromatic heterocycles. The number of nitrogens with zero attached hydrogens (tertiary/aromatic N) is 3. The SMILES string of the molecule is N#C/C(=C\c1ccc(-c2ccc([N+](=O)[O-])cc2)o1)C(=O)Nc1nccs1. The van der Waals surface area contributed by atoms with Crippen LogP contribution in [0.4, 0.5) is 10.8 Å². The number of nitrogens with one attached hydrogen (secondary N) is 1. The van der Waals surface area contributed by atoms with Crippen molar-refractivity contribution in [2.24, 2.45) is 0 Å². The average molecular weight is 366 g/mol. The Morgan fingerprint density at radius 1 is 1.31 bits per heavy atom. The highest BCUT2D eigenvalue weighted by molar-refractivity contribution is 7.13. The van der Waals surface area contributed by atoms with E-state index in [9.17, 15) is 20.2 Å². The maximum absolute atomic E-state index is 12.1. The van der Waals surface area contributed by atoms with Gasteiger partial charge in [-0.05, 0) is 24.3 Å². The third kappa shape index (κ3) is 3.82. The van der Waals surface area contributed by atoms with Gasteiger partial charge in [-0.1, -0.05) is 0 Å². The Morgan fingerprint density at radius 3 is 2.69 bits per heavy atom. The molecule has 0 atom stereocenters. The van der Waals surface area contributed by atoms with Crippen molar-refractivity contribution in [3.8, 4) is 17.4 Å². The molecule has 128 valence electrons. The normalized spacial score (nSPS) is 11.0. The number of hydrogen-bond acceptors (Lipinski definition) is 7. The third-order valence-electron chi connectivity index (χ3n) is 3.29. The van der Waals surface area contributed by atoms with E-state index in [4.69, 9.17) is 4.42 Å². The molecule has 0 aliphatic carbocycles. The Hall–Kier alpha value is -3.77. The first-order valence-corrected chi connectivity index (χ1v) is 8.12. The Morgan fingerprint density at radius 2 is 2.08 bits per heavy atom. The van der Waals surface area contributed by atoms with E-state index in [2.05, 4.69) is 10.3 Å². The topological polar surface area (TPSA) is 122 Å². The van der Waals surface area contributed by atoms with Gasteiger partial charge < -0.3 is 4.42 Å². The quantitative estimate of drug-likeness (QED) is 0.317. The van der Waals surface area contributed by atoms with Crippen LogP contribution >= 0.6 is 11.3 Å². The van der Waals surface area contributed by atoms with Gasteiger partial charge >= 0.3 is 0 Å². The van der Waals surface area contributed by atoms with Crippen LogP contribution in [-0.4, -0.2) is 15.8 Å². The Kier molecular flexibility index (Phi) is 4.87. The van der Waals surface area contributed by atoms with E-state index in [0.29, 0.717) is 22.2 Å². The van der Waals surface area contributed by atoms with Crippen LogP contribution in [0.1, 0.15) is 5.76 Å². The first kappa shape index (κ1) is 17.1. The molecule has 2 heterocycles. The van der Waals surface area contributed by atoms with Gasteiger partial charge in [0.2, 0.25) is 0 Å². The molecular formula is C17H10N4O4S. The molecule has 9 heteroatoms. The number of amides is 1. The van der Waals surface area contributed by atoms with Gasteiger partial charge in [-0.15, -0.1) is 11.3 Å². The lowest BCUT2D eigenvalue weighted by Gasteiger charge is -1.99. The molecule has 1 N–H and O–H groups in total. The van der Waals surface area contributed by atoms with Crippen molar-refractivity contribution in [3.05, 3.63) is 69.4 Å². The van der Waals surface area contributed by atoms with Crippen LogP contribution in [0.5, 0.6) is 0 Å². The van der Waals surface area contributed by atoms with Crippen LogP contribution in [0, 0.1) is 21.4 Å². The molecule has 0 spiro atoms. The van der Waals surface area contributed by atoms with E-state index in [1.54, 1.807) is 35.8 Å². The molecule has 1 amide bonds. The van der Waals surface area contributed by atoms with Crippen LogP contribution in [0.2, 0.25) is 0 Å². The van der Waals surface area contributed by atoms with Gasteiger partial charge in [0.05, 0.1) is 4.92 Å². The Bertz CT molecular complexity index is 1010. The standard InChI is InChI=1S/C17H10N4O4S/c18-10-12(16(22)20-17-19-7-8-26-17)9-14-5-6-15(25-14)11-1-3-13(4-2-11)21(23)24/h1-9H,(H,19,20,22)/b12-9+. The van der Waals surface area contributed by atoms with Gasteiger partial charge in [0.25, 0.3) is 11.6 Å². The van der Waals surface area contributed by atoms with Crippen LogP contribution in [0.15, 0.2) is 58.0 Å². The number of furan rings is 1. The zero-order chi connectivity index (χ0) is 18.5. The number of nitro groups is 1. The molecule has 26 heavy (non-hydrogen) atoms. The molecule has 0 bridgehead atoms. The zero-order valence-corrected chi connectivity index (χ0v) is 13.9. The second-order valence-corrected chi connectivity index (χ2v) is 5.86. The van der Waals surface area contributed by atoms with Gasteiger partial charge in [-0.3, -0.25) is 20.2 Å². The summed E-state index contributed by atoms with van der Waals surface area (Å²) >= 11 is 1.24. The summed E-state index contributed by atoms with van der Waals surface area (Å²) in [5.41, 5.74) is 0.483. The fraction of sp³-hybridized carbons (Fsp3) is 0. The highest BCUT2D eigenvalue weighted by atomic mass is 32.1. The summed E-state index contributed by atoms with van der Waals surface area (Å²) < 4.78 is 5.60. The largest absolute Gasteiger partial charge is 0.457 e. The van der Waals surface area contributed by atoms with Crippen molar-refractivity contribution in [2.45, 2.75) is 0 Å². The smallest absolute Gasteiger partial charge is 0.269 e. The van der Waals surface area contributed by atoms with Crippen molar-refractivity contribution in [1.29, 1.82) is 5.26 Å². The monoisotopic (exact) mass is 366 g/mol. The summed E-state index contributed by atoms with van der Waals surface area (Å²) in [6.07, 6.45) is 2.86. The number of carbonyl (C=O) groups excluding carboxylic acids is 1. The lowest BCUT2D eigenvalue weighted by atomic mass is 10.1. The highest BCUT2D eigenvalue weighted by Crippen LogP contribution is 2.25. The fourth-order valence-corrected chi connectivity index (χ4v) is 2.60. The van der Waals surface area contributed by atoms with Gasteiger partial charge in [0.1, 0.15) is 23.2 Å². The second-order valence-electron chi connectivity index (χ2n) is 4.97. The number of nitro benzene ring substituents is 1. The number of hydrogen-bond donors (Lipinski definition) is 1. The molecule has 1 aromatic carbocycles. The number of anilines is 1. The Balaban J connectivity index is 1.79. The van der Waals surface area contributed by atoms with Crippen LogP contribution in [0.25, 0.3) is 17.4 Å². The van der Waals surface area contributed by atoms with Crippen LogP contribution in [0.3, 0.4) is 0 Å². The summed E-state index contributed by atoms with van der Waals surface area (Å²) in [4.78, 5) is 26.2. The van der Waals surface area contributed by atoms with Crippen LogP contribution < -0.4 is 5.32 Å². The molecule has 0 saturated heterocycles. The zero-order valence-electron chi connectivity index (χ0n) is 13.1. The predicted octanol–water partition coefficient (Wildman–Crippen LogP) is 3.86. The van der Waals surface area contributed by atoms with Crippen molar-refractivity contribution < 1.29 is 14.1 Å². The first-order chi connectivity index (χ1) is 12.6. The second kappa shape index (κ2) is 7.42. The summed E-state index contributed by atoms with van der Waals surface area (Å²) in [7, 11) is 0. The summed E-state index contributed by atoms with van der Waals surface area (Å²) in [6.45, 7) is 0. The van der Waals surface area contributed by atoms with Crippen molar-refractivity contribution in [3.63, 3.8) is 0 Å². The number of rotatable bonds is 5. The molecule has 3 aromatic rings. The summed E-state index contributed by atoms with van der Waals surface area (Å²) in [5, 5.41) is 24.5. The number of aromatic nitrogens is 1. The lowest BCUT2D eigenvalue weighted by molar-refractivity contribution is -0.384. The highest BCUT2D eigenvalue weighted by Gasteiger charge is 2.13. The minimum Gasteiger partial charge on any atom is -0.457 e. The summed E-state index contributed by atoms with van der Waals surface area (Å²) in [6, 6.07) is 10.9. The molecule has 0 aliphatic heterocycles. The third-order valence-corrected chi connectivity index (χ3v) is 3.98. The van der Waals surface area contributed by atoms with E-state index < -0.39 is 10.8 Å². The van der Waals surface area contributed by atoms with Gasteiger partial charge in [0.15, 0.2) is 5.13 Å². The lowest BCUT2D eigenvalue weighted by Crippen LogP contribution is -2.13. The maximum atomic E-state index is 12.1. The first-order valence-electron chi connectivity index (χ1n) is 7.24. The molecule has 0 unspecified atom stereocenters. The van der Waals surface area contributed by atoms with Crippen molar-refractivity contribution in [2.75, 3.05) is 5.32 Å². The number of thiazole rings is 1. The molecule has 0 saturated carbocycles. The predicted molar refractivity (Wildman–Crippen MR) is 95.1 cm³/mol. The molecule has 0 radical (unpaired) electrons. The minimum atomic E-state index is -0.587. The van der Waals surface area contributed by atoms with Gasteiger partial charge in [0, 0.05) is 35.3 Å². The van der Waals surface area contributed by atoms with Gasteiger partial charge in [-0.25, -0.2) is 4.98 Å². The number of nitriles is 1. The number of benzene rings is 1. The Labute approximate surface area is 151 Å². The van der Waals surface area contributed by atoms with E-state index in [-0.39, 0.29) is 11.3 Å². The van der Waals surface area contributed by atoms with Gasteiger partial charge in [-0.2, -0.15) is 5.26 Å². The molecular weight excluding hydrogens is 356 g/mol. The number of carbonyl (C=O) groups is 1. The summed E-state index contributed by atoms with van der Waals surface area (Å²) in [5.74, 6) is 0.184. The number of non-ortho nitro benzene ring substituents is 1.